The fraction of sp³-hybridized carbons (Fsp3) is 0.875. The number of primary amides is 1. The Morgan fingerprint density at radius 2 is 2.07 bits per heavy atom. The molecule has 0 saturated carbocycles. The summed E-state index contributed by atoms with van der Waals surface area (Å²) in [6.07, 6.45) is -5.26. The van der Waals surface area contributed by atoms with E-state index in [9.17, 15) is 9.18 Å². The summed E-state index contributed by atoms with van der Waals surface area (Å²) in [6, 6.07) is 0. The summed E-state index contributed by atoms with van der Waals surface area (Å²) in [6.45, 7) is 0.773. The second-order valence-electron chi connectivity index (χ2n) is 3.17. The second-order valence-corrected chi connectivity index (χ2v) is 3.17. The molecule has 0 aromatic heterocycles. The lowest BCUT2D eigenvalue weighted by Gasteiger charge is -2.32. The molecule has 5 N–H and O–H groups in total. The SMILES string of the molecule is CC(N)=O.OCC1OC(O)CC(O)[C@@H]1F. The largest absolute Gasteiger partial charge is 0.394 e. The lowest BCUT2D eigenvalue weighted by molar-refractivity contribution is -0.224. The van der Waals surface area contributed by atoms with Crippen molar-refractivity contribution in [2.24, 2.45) is 5.73 Å². The van der Waals surface area contributed by atoms with E-state index in [4.69, 9.17) is 15.3 Å². The van der Waals surface area contributed by atoms with Crippen LogP contribution in [0.1, 0.15) is 13.3 Å². The van der Waals surface area contributed by atoms with Crippen molar-refractivity contribution in [1.82, 2.24) is 0 Å². The number of aliphatic hydroxyl groups excluding tert-OH is 3. The molecule has 3 unspecified atom stereocenters. The molecule has 0 radical (unpaired) electrons. The maximum Gasteiger partial charge on any atom is 0.214 e. The smallest absolute Gasteiger partial charge is 0.214 e. The predicted molar refractivity (Wildman–Crippen MR) is 48.4 cm³/mol. The van der Waals surface area contributed by atoms with Gasteiger partial charge in [-0.1, -0.05) is 0 Å². The summed E-state index contributed by atoms with van der Waals surface area (Å²) in [5.41, 5.74) is 4.47. The fourth-order valence-electron chi connectivity index (χ4n) is 1.06. The van der Waals surface area contributed by atoms with Crippen LogP contribution in [0, 0.1) is 0 Å². The van der Waals surface area contributed by atoms with Gasteiger partial charge in [-0.2, -0.15) is 0 Å². The van der Waals surface area contributed by atoms with Crippen LogP contribution in [0.15, 0.2) is 0 Å². The average Bonchev–Trinajstić information content (AvgIpc) is 2.10. The minimum atomic E-state index is -1.61. The molecular weight excluding hydrogens is 209 g/mol. The lowest BCUT2D eigenvalue weighted by atomic mass is 10.0. The van der Waals surface area contributed by atoms with Gasteiger partial charge in [0.25, 0.3) is 0 Å². The van der Waals surface area contributed by atoms with Crippen molar-refractivity contribution in [3.8, 4) is 0 Å². The first-order chi connectivity index (χ1) is 6.88. The third-order valence-corrected chi connectivity index (χ3v) is 1.68. The molecule has 1 fully saturated rings. The Morgan fingerprint density at radius 1 is 1.60 bits per heavy atom. The number of ether oxygens (including phenoxy) is 1. The van der Waals surface area contributed by atoms with Gasteiger partial charge in [-0.25, -0.2) is 4.39 Å². The molecule has 15 heavy (non-hydrogen) atoms. The van der Waals surface area contributed by atoms with Crippen LogP contribution in [-0.2, 0) is 9.53 Å². The number of amides is 1. The number of aliphatic hydroxyl groups is 3. The number of hydrogen-bond donors (Lipinski definition) is 4. The summed E-state index contributed by atoms with van der Waals surface area (Å²) in [5, 5.41) is 26.3. The highest BCUT2D eigenvalue weighted by Crippen LogP contribution is 2.20. The predicted octanol–water partition coefficient (Wildman–Crippen LogP) is -1.72. The van der Waals surface area contributed by atoms with E-state index in [0.29, 0.717) is 0 Å². The number of rotatable bonds is 1. The molecule has 0 aromatic rings. The van der Waals surface area contributed by atoms with Crippen LogP contribution >= 0.6 is 0 Å². The normalized spacial score (nSPS) is 35.3. The molecule has 4 atom stereocenters. The highest BCUT2D eigenvalue weighted by molar-refractivity contribution is 5.70. The van der Waals surface area contributed by atoms with Crippen LogP contribution in [0.4, 0.5) is 4.39 Å². The van der Waals surface area contributed by atoms with E-state index < -0.39 is 31.3 Å². The van der Waals surface area contributed by atoms with Crippen molar-refractivity contribution >= 4 is 5.91 Å². The quantitative estimate of drug-likeness (QED) is 0.424. The number of carbonyl (C=O) groups is 1. The van der Waals surface area contributed by atoms with E-state index in [0.717, 1.165) is 0 Å². The van der Waals surface area contributed by atoms with Crippen LogP contribution in [0.5, 0.6) is 0 Å². The molecule has 6 nitrogen and oxygen atoms in total. The number of hydrogen-bond acceptors (Lipinski definition) is 5. The maximum atomic E-state index is 12.8. The summed E-state index contributed by atoms with van der Waals surface area (Å²) in [5.74, 6) is -0.333. The molecule has 0 bridgehead atoms. The summed E-state index contributed by atoms with van der Waals surface area (Å²) in [4.78, 5) is 9.22. The standard InChI is InChI=1S/C6H11FO4.C2H5NO/c7-6-3(9)1-5(10)11-4(6)2-8;1-2(3)4/h3-6,8-10H,1-2H2;1H3,(H2,3,4)/t3?,4?,5?,6-;/m0./s1. The van der Waals surface area contributed by atoms with Gasteiger partial charge in [0.05, 0.1) is 12.7 Å². The van der Waals surface area contributed by atoms with Gasteiger partial charge in [0, 0.05) is 13.3 Å². The van der Waals surface area contributed by atoms with Crippen molar-refractivity contribution < 1.29 is 29.2 Å². The number of alkyl halides is 1. The van der Waals surface area contributed by atoms with Crippen LogP contribution in [0.25, 0.3) is 0 Å². The molecule has 0 aliphatic carbocycles. The van der Waals surface area contributed by atoms with Gasteiger partial charge in [-0.15, -0.1) is 0 Å². The number of carbonyl (C=O) groups excluding carboxylic acids is 1. The van der Waals surface area contributed by atoms with Gasteiger partial charge >= 0.3 is 0 Å². The first-order valence-electron chi connectivity index (χ1n) is 4.41. The topological polar surface area (TPSA) is 113 Å². The van der Waals surface area contributed by atoms with Crippen molar-refractivity contribution in [1.29, 1.82) is 0 Å². The van der Waals surface area contributed by atoms with Gasteiger partial charge < -0.3 is 25.8 Å². The Hall–Kier alpha value is -0.760. The molecule has 1 amide bonds. The van der Waals surface area contributed by atoms with Crippen LogP contribution in [-0.4, -0.2) is 52.5 Å². The number of nitrogens with two attached hydrogens (primary N) is 1. The first-order valence-corrected chi connectivity index (χ1v) is 4.41. The van der Waals surface area contributed by atoms with Crippen LogP contribution in [0.3, 0.4) is 0 Å². The molecular formula is C8H16FNO5. The average molecular weight is 225 g/mol. The van der Waals surface area contributed by atoms with E-state index in [1.807, 2.05) is 0 Å². The molecule has 1 aliphatic rings. The van der Waals surface area contributed by atoms with E-state index in [-0.39, 0.29) is 12.3 Å². The van der Waals surface area contributed by atoms with Gasteiger partial charge in [0.2, 0.25) is 5.91 Å². The lowest BCUT2D eigenvalue weighted by Crippen LogP contribution is -2.47. The van der Waals surface area contributed by atoms with Gasteiger partial charge in [0.1, 0.15) is 6.10 Å². The Morgan fingerprint density at radius 3 is 2.47 bits per heavy atom. The minimum Gasteiger partial charge on any atom is -0.394 e. The van der Waals surface area contributed by atoms with Gasteiger partial charge in [0.15, 0.2) is 12.5 Å². The summed E-state index contributed by atoms with van der Waals surface area (Å²) >= 11 is 0. The second kappa shape index (κ2) is 6.67. The number of halogens is 1. The van der Waals surface area contributed by atoms with E-state index >= 15 is 0 Å². The molecule has 1 aliphatic heterocycles. The van der Waals surface area contributed by atoms with E-state index in [2.05, 4.69) is 10.5 Å². The van der Waals surface area contributed by atoms with Crippen molar-refractivity contribution in [3.05, 3.63) is 0 Å². The Labute approximate surface area is 86.5 Å². The van der Waals surface area contributed by atoms with Crippen molar-refractivity contribution in [3.63, 3.8) is 0 Å². The van der Waals surface area contributed by atoms with Crippen LogP contribution in [0.2, 0.25) is 0 Å². The summed E-state index contributed by atoms with van der Waals surface area (Å²) < 4.78 is 17.4. The minimum absolute atomic E-state index is 0.141. The zero-order valence-electron chi connectivity index (χ0n) is 8.34. The van der Waals surface area contributed by atoms with E-state index in [1.165, 1.54) is 6.92 Å². The van der Waals surface area contributed by atoms with Crippen LogP contribution < -0.4 is 5.73 Å². The first kappa shape index (κ1) is 14.2. The molecule has 0 spiro atoms. The van der Waals surface area contributed by atoms with Crippen molar-refractivity contribution in [2.45, 2.75) is 38.0 Å². The van der Waals surface area contributed by atoms with Gasteiger partial charge in [-0.3, -0.25) is 4.79 Å². The zero-order valence-corrected chi connectivity index (χ0v) is 8.34. The molecule has 7 heteroatoms. The third-order valence-electron chi connectivity index (χ3n) is 1.68. The summed E-state index contributed by atoms with van der Waals surface area (Å²) in [7, 11) is 0. The molecule has 1 heterocycles. The molecule has 1 rings (SSSR count). The van der Waals surface area contributed by atoms with Crippen molar-refractivity contribution in [2.75, 3.05) is 6.61 Å². The zero-order chi connectivity index (χ0) is 12.0. The Balaban J connectivity index is 0.000000423. The Bertz CT molecular complexity index is 199. The molecule has 1 saturated heterocycles. The monoisotopic (exact) mass is 225 g/mol. The highest BCUT2D eigenvalue weighted by Gasteiger charge is 2.36. The molecule has 90 valence electrons. The van der Waals surface area contributed by atoms with E-state index in [1.54, 1.807) is 0 Å². The van der Waals surface area contributed by atoms with Gasteiger partial charge in [-0.05, 0) is 0 Å². The Kier molecular flexibility index (Phi) is 6.34. The third kappa shape index (κ3) is 5.63. The highest BCUT2D eigenvalue weighted by atomic mass is 19.1. The fourth-order valence-corrected chi connectivity index (χ4v) is 1.06. The molecule has 0 aromatic carbocycles. The maximum absolute atomic E-state index is 12.8.